The van der Waals surface area contributed by atoms with E-state index in [9.17, 15) is 31.2 Å². The van der Waals surface area contributed by atoms with Crippen LogP contribution in [0.5, 0.6) is 5.75 Å². The maximum atomic E-state index is 14.7. The highest BCUT2D eigenvalue weighted by Crippen LogP contribution is 2.47. The van der Waals surface area contributed by atoms with Gasteiger partial charge in [0.1, 0.15) is 11.6 Å². The lowest BCUT2D eigenvalue weighted by atomic mass is 9.85. The molecule has 0 spiro atoms. The Morgan fingerprint density at radius 1 is 1.12 bits per heavy atom. The van der Waals surface area contributed by atoms with Gasteiger partial charge in [-0.2, -0.15) is 8.78 Å². The summed E-state index contributed by atoms with van der Waals surface area (Å²) in [6.07, 6.45) is 0.292. The number of sulfone groups is 1. The molecule has 0 aliphatic carbocycles. The van der Waals surface area contributed by atoms with Crippen molar-refractivity contribution in [3.63, 3.8) is 0 Å². The Morgan fingerprint density at radius 2 is 1.82 bits per heavy atom. The summed E-state index contributed by atoms with van der Waals surface area (Å²) >= 11 is 0. The van der Waals surface area contributed by atoms with Crippen LogP contribution in [0.4, 0.5) is 24.5 Å². The number of benzene rings is 2. The van der Waals surface area contributed by atoms with Crippen molar-refractivity contribution >= 4 is 33.0 Å². The summed E-state index contributed by atoms with van der Waals surface area (Å²) in [5.74, 6) is -2.30. The van der Waals surface area contributed by atoms with Gasteiger partial charge in [-0.3, -0.25) is 14.5 Å². The highest BCUT2D eigenvalue weighted by atomic mass is 32.2. The third-order valence-electron chi connectivity index (χ3n) is 6.21. The fourth-order valence-corrected chi connectivity index (χ4v) is 6.50. The molecule has 0 bridgehead atoms. The van der Waals surface area contributed by atoms with E-state index in [4.69, 9.17) is 0 Å². The van der Waals surface area contributed by atoms with Gasteiger partial charge >= 0.3 is 6.61 Å². The molecule has 11 heteroatoms. The first-order chi connectivity index (χ1) is 15.7. The maximum absolute atomic E-state index is 14.7. The van der Waals surface area contributed by atoms with Crippen LogP contribution in [-0.4, -0.2) is 43.9 Å². The molecule has 2 amide bonds. The van der Waals surface area contributed by atoms with E-state index in [1.54, 1.807) is 20.8 Å². The van der Waals surface area contributed by atoms with Crippen molar-refractivity contribution in [2.75, 3.05) is 16.4 Å². The monoisotopic (exact) mass is 496 g/mol. The fraction of sp³-hybridized carbons (Fsp3) is 0.391. The molecular weight excluding hydrogens is 473 g/mol. The van der Waals surface area contributed by atoms with Crippen LogP contribution in [-0.2, 0) is 20.0 Å². The number of ether oxygens (including phenoxy) is 1. The Labute approximate surface area is 194 Å². The largest absolute Gasteiger partial charge is 0.435 e. The Balaban J connectivity index is 1.70. The second-order valence-corrected chi connectivity index (χ2v) is 11.5. The van der Waals surface area contributed by atoms with Crippen molar-refractivity contribution < 1.29 is 35.9 Å². The quantitative estimate of drug-likeness (QED) is 0.682. The van der Waals surface area contributed by atoms with E-state index >= 15 is 0 Å². The van der Waals surface area contributed by atoms with Crippen LogP contribution >= 0.6 is 0 Å². The molecule has 1 fully saturated rings. The average Bonchev–Trinajstić information content (AvgIpc) is 3.12. The van der Waals surface area contributed by atoms with E-state index < -0.39 is 45.0 Å². The molecule has 1 atom stereocenters. The first-order valence-electron chi connectivity index (χ1n) is 10.5. The average molecular weight is 497 g/mol. The summed E-state index contributed by atoms with van der Waals surface area (Å²) in [5.41, 5.74) is -1.36. The predicted octanol–water partition coefficient (Wildman–Crippen LogP) is 3.69. The first-order valence-corrected chi connectivity index (χ1v) is 12.3. The van der Waals surface area contributed by atoms with Gasteiger partial charge in [-0.1, -0.05) is 0 Å². The van der Waals surface area contributed by atoms with Crippen molar-refractivity contribution in [3.8, 4) is 5.75 Å². The second kappa shape index (κ2) is 8.00. The molecule has 0 unspecified atom stereocenters. The van der Waals surface area contributed by atoms with Crippen molar-refractivity contribution in [3.05, 3.63) is 53.3 Å². The third kappa shape index (κ3) is 4.24. The Morgan fingerprint density at radius 3 is 2.44 bits per heavy atom. The molecule has 0 radical (unpaired) electrons. The number of amides is 2. The standard InChI is InChI=1S/C23H23F3N2O5S/c1-22(2)15-10-13(19(29)27-23(3)8-9-34(31,32)12-23)4-7-17(15)28(20(22)30)18-11-14(33-21(25)26)5-6-16(18)24/h4-7,10-11,21H,8-9,12H2,1-3H3,(H,27,29)/t23-/m1/s1. The number of anilines is 2. The molecule has 2 aromatic rings. The van der Waals surface area contributed by atoms with Gasteiger partial charge in [0, 0.05) is 11.6 Å². The molecule has 0 saturated carbocycles. The molecule has 2 heterocycles. The molecule has 2 aliphatic rings. The van der Waals surface area contributed by atoms with E-state index in [0.717, 1.165) is 23.1 Å². The lowest BCUT2D eigenvalue weighted by Crippen LogP contribution is -2.46. The van der Waals surface area contributed by atoms with Crippen LogP contribution in [0.15, 0.2) is 36.4 Å². The zero-order valence-electron chi connectivity index (χ0n) is 18.7. The summed E-state index contributed by atoms with van der Waals surface area (Å²) in [4.78, 5) is 27.2. The lowest BCUT2D eigenvalue weighted by Gasteiger charge is -2.24. The molecule has 7 nitrogen and oxygen atoms in total. The Kier molecular flexibility index (Phi) is 5.66. The molecule has 1 saturated heterocycles. The number of nitrogens with zero attached hydrogens (tertiary/aromatic N) is 1. The van der Waals surface area contributed by atoms with Gasteiger partial charge in [-0.05, 0) is 63.1 Å². The van der Waals surface area contributed by atoms with Gasteiger partial charge in [0.25, 0.3) is 5.91 Å². The number of nitrogens with one attached hydrogen (secondary N) is 1. The summed E-state index contributed by atoms with van der Waals surface area (Å²) in [5, 5.41) is 2.77. The van der Waals surface area contributed by atoms with Crippen molar-refractivity contribution in [2.45, 2.75) is 44.8 Å². The van der Waals surface area contributed by atoms with Gasteiger partial charge in [-0.15, -0.1) is 0 Å². The molecule has 34 heavy (non-hydrogen) atoms. The second-order valence-electron chi connectivity index (χ2n) is 9.35. The lowest BCUT2D eigenvalue weighted by molar-refractivity contribution is -0.121. The van der Waals surface area contributed by atoms with Crippen LogP contribution in [0, 0.1) is 5.82 Å². The number of alkyl halides is 2. The van der Waals surface area contributed by atoms with Crippen LogP contribution in [0.1, 0.15) is 43.1 Å². The molecule has 2 aliphatic heterocycles. The highest BCUT2D eigenvalue weighted by Gasteiger charge is 2.46. The molecule has 0 aromatic heterocycles. The minimum Gasteiger partial charge on any atom is -0.435 e. The normalized spacial score (nSPS) is 22.7. The number of carbonyl (C=O) groups is 2. The fourth-order valence-electron chi connectivity index (χ4n) is 4.41. The first kappa shape index (κ1) is 24.1. The zero-order valence-corrected chi connectivity index (χ0v) is 19.5. The molecule has 4 rings (SSSR count). The molecule has 1 N–H and O–H groups in total. The van der Waals surface area contributed by atoms with E-state index in [-0.39, 0.29) is 28.5 Å². The third-order valence-corrected chi connectivity index (χ3v) is 8.12. The minimum absolute atomic E-state index is 0.00956. The van der Waals surface area contributed by atoms with Crippen LogP contribution < -0.4 is 15.0 Å². The summed E-state index contributed by atoms with van der Waals surface area (Å²) in [7, 11) is -3.23. The van der Waals surface area contributed by atoms with Gasteiger partial charge in [0.2, 0.25) is 5.91 Å². The molecular formula is C23H23F3N2O5S. The summed E-state index contributed by atoms with van der Waals surface area (Å²) in [6.45, 7) is 1.76. The highest BCUT2D eigenvalue weighted by molar-refractivity contribution is 7.91. The summed E-state index contributed by atoms with van der Waals surface area (Å²) in [6, 6.07) is 7.42. The topological polar surface area (TPSA) is 92.8 Å². The number of fused-ring (bicyclic) bond motifs is 1. The Hall–Kier alpha value is -3.08. The van der Waals surface area contributed by atoms with E-state index in [2.05, 4.69) is 10.1 Å². The smallest absolute Gasteiger partial charge is 0.387 e. The van der Waals surface area contributed by atoms with Crippen molar-refractivity contribution in [1.82, 2.24) is 5.32 Å². The van der Waals surface area contributed by atoms with E-state index in [1.807, 2.05) is 0 Å². The van der Waals surface area contributed by atoms with Crippen molar-refractivity contribution in [1.29, 1.82) is 0 Å². The number of hydrogen-bond acceptors (Lipinski definition) is 5. The minimum atomic E-state index is -3.23. The number of carbonyl (C=O) groups excluding carboxylic acids is 2. The van der Waals surface area contributed by atoms with Gasteiger partial charge in [0.15, 0.2) is 9.84 Å². The predicted molar refractivity (Wildman–Crippen MR) is 119 cm³/mol. The number of hydrogen-bond donors (Lipinski definition) is 1. The number of halogens is 3. The van der Waals surface area contributed by atoms with Gasteiger partial charge < -0.3 is 10.1 Å². The van der Waals surface area contributed by atoms with Gasteiger partial charge in [-0.25, -0.2) is 12.8 Å². The summed E-state index contributed by atoms with van der Waals surface area (Å²) < 4.78 is 68.0. The molecule has 182 valence electrons. The number of rotatable bonds is 5. The maximum Gasteiger partial charge on any atom is 0.387 e. The van der Waals surface area contributed by atoms with Crippen LogP contribution in [0.3, 0.4) is 0 Å². The molecule has 2 aromatic carbocycles. The van der Waals surface area contributed by atoms with Crippen LogP contribution in [0.2, 0.25) is 0 Å². The van der Waals surface area contributed by atoms with Crippen LogP contribution in [0.25, 0.3) is 0 Å². The van der Waals surface area contributed by atoms with E-state index in [0.29, 0.717) is 17.7 Å². The van der Waals surface area contributed by atoms with Gasteiger partial charge in [0.05, 0.1) is 33.8 Å². The SMILES string of the molecule is CC1(C)C(=O)N(c2cc(OC(F)F)ccc2F)c2ccc(C(=O)N[C@]3(C)CCS(=O)(=O)C3)cc21. The van der Waals surface area contributed by atoms with E-state index in [1.165, 1.54) is 18.2 Å². The van der Waals surface area contributed by atoms with Crippen molar-refractivity contribution in [2.24, 2.45) is 0 Å². The zero-order chi connectivity index (χ0) is 25.1. The Bertz CT molecular complexity index is 1300.